The Morgan fingerprint density at radius 2 is 1.86 bits per heavy atom. The highest BCUT2D eigenvalue weighted by atomic mass is 16.5. The maximum atomic E-state index is 12.9. The largest absolute Gasteiger partial charge is 0.480 e. The van der Waals surface area contributed by atoms with E-state index in [1.807, 2.05) is 30.3 Å². The minimum atomic E-state index is -1.12. The lowest BCUT2D eigenvalue weighted by Crippen LogP contribution is -2.51. The van der Waals surface area contributed by atoms with Crippen LogP contribution in [-0.4, -0.2) is 45.9 Å². The molecule has 0 spiro atoms. The summed E-state index contributed by atoms with van der Waals surface area (Å²) < 4.78 is 6.05. The van der Waals surface area contributed by atoms with Crippen molar-refractivity contribution >= 4 is 34.5 Å². The van der Waals surface area contributed by atoms with Crippen LogP contribution in [0.4, 0.5) is 0 Å². The highest BCUT2D eigenvalue weighted by Gasteiger charge is 2.60. The second-order valence-electron chi connectivity index (χ2n) is 13.6. The van der Waals surface area contributed by atoms with Gasteiger partial charge in [-0.15, -0.1) is 0 Å². The van der Waals surface area contributed by atoms with E-state index in [1.54, 1.807) is 6.20 Å². The molecule has 1 aromatic heterocycles. The number of H-pyrrole nitrogens is 1. The summed E-state index contributed by atoms with van der Waals surface area (Å²) in [5.41, 5.74) is 3.12. The molecule has 4 aliphatic carbocycles. The fraction of sp³-hybridized carbons (Fsp3) is 0.588. The number of benzene rings is 1. The summed E-state index contributed by atoms with van der Waals surface area (Å²) in [5.74, 6) is -0.0533. The molecule has 0 aliphatic heterocycles. The van der Waals surface area contributed by atoms with E-state index in [0.717, 1.165) is 61.4 Å². The number of esters is 1. The van der Waals surface area contributed by atoms with E-state index < -0.39 is 23.9 Å². The van der Waals surface area contributed by atoms with Crippen LogP contribution in [0.2, 0.25) is 0 Å². The van der Waals surface area contributed by atoms with Gasteiger partial charge in [-0.2, -0.15) is 0 Å². The molecule has 0 bridgehead atoms. The zero-order chi connectivity index (χ0) is 29.6. The molecule has 0 radical (unpaired) electrons. The van der Waals surface area contributed by atoms with Gasteiger partial charge in [0.2, 0.25) is 5.91 Å². The number of carboxylic acids is 1. The molecule has 3 fully saturated rings. The lowest BCUT2D eigenvalue weighted by atomic mass is 9.47. The number of nitrogens with one attached hydrogen (secondary N) is 2. The zero-order valence-electron chi connectivity index (χ0n) is 24.6. The third-order valence-electron chi connectivity index (χ3n) is 11.4. The molecule has 3 N–H and O–H groups in total. The number of carbonyl (C=O) groups excluding carboxylic acids is 3. The van der Waals surface area contributed by atoms with Gasteiger partial charge in [0.25, 0.3) is 0 Å². The SMILES string of the molecule is C[C@]12CC[C@@H]3[C@H](CCC4=CC(=O)CC[C@@]43C)[C@@H]1CC[C@@H]2OC(=O)CCC(=O)N[C@@H](Cc1c[nH]c2ccccc12)C(=O)O. The Morgan fingerprint density at radius 1 is 1.05 bits per heavy atom. The first-order valence-corrected chi connectivity index (χ1v) is 15.6. The van der Waals surface area contributed by atoms with Gasteiger partial charge in [0.15, 0.2) is 5.78 Å². The van der Waals surface area contributed by atoms with E-state index >= 15 is 0 Å². The number of carboxylic acid groups (broad SMARTS) is 1. The minimum absolute atomic E-state index is 0.0745. The maximum Gasteiger partial charge on any atom is 0.326 e. The number of fused-ring (bicyclic) bond motifs is 6. The number of aliphatic carboxylic acids is 1. The molecule has 42 heavy (non-hydrogen) atoms. The molecule has 0 unspecified atom stereocenters. The van der Waals surface area contributed by atoms with Gasteiger partial charge in [-0.05, 0) is 85.8 Å². The summed E-state index contributed by atoms with van der Waals surface area (Å²) in [7, 11) is 0. The van der Waals surface area contributed by atoms with Crippen molar-refractivity contribution in [1.82, 2.24) is 10.3 Å². The number of carbonyl (C=O) groups is 4. The second kappa shape index (κ2) is 11.0. The fourth-order valence-corrected chi connectivity index (χ4v) is 9.13. The van der Waals surface area contributed by atoms with Crippen molar-refractivity contribution in [2.45, 2.75) is 96.6 Å². The third kappa shape index (κ3) is 5.07. The van der Waals surface area contributed by atoms with E-state index in [1.165, 1.54) is 5.57 Å². The Labute approximate surface area is 246 Å². The molecule has 224 valence electrons. The standard InChI is InChI=1S/C34H42N2O6/c1-33-15-13-22(37)18-21(33)7-8-24-25-9-10-29(34(25,2)16-14-26(24)33)42-31(39)12-11-30(38)36-28(32(40)41)17-20-19-35-27-6-4-3-5-23(20)27/h3-6,18-19,24-26,28-29,35H,7-17H2,1-2H3,(H,36,38)(H,40,41)/t24-,25+,26-,28+,29+,33+,34+/m1/s1. The Hall–Kier alpha value is -3.42. The lowest BCUT2D eigenvalue weighted by molar-refractivity contribution is -0.160. The van der Waals surface area contributed by atoms with Gasteiger partial charge < -0.3 is 20.1 Å². The topological polar surface area (TPSA) is 126 Å². The number of ketones is 1. The van der Waals surface area contributed by atoms with Crippen LogP contribution < -0.4 is 5.32 Å². The Bertz CT molecular complexity index is 1440. The van der Waals surface area contributed by atoms with Crippen molar-refractivity contribution in [2.24, 2.45) is 28.6 Å². The van der Waals surface area contributed by atoms with Crippen LogP contribution in [0.3, 0.4) is 0 Å². The van der Waals surface area contributed by atoms with Crippen LogP contribution >= 0.6 is 0 Å². The molecule has 8 heteroatoms. The first-order valence-electron chi connectivity index (χ1n) is 15.6. The van der Waals surface area contributed by atoms with Gasteiger partial charge in [-0.1, -0.05) is 37.6 Å². The monoisotopic (exact) mass is 574 g/mol. The molecule has 1 aromatic carbocycles. The van der Waals surface area contributed by atoms with Crippen LogP contribution in [0.25, 0.3) is 10.9 Å². The van der Waals surface area contributed by atoms with E-state index in [-0.39, 0.29) is 42.0 Å². The van der Waals surface area contributed by atoms with Crippen LogP contribution in [0.5, 0.6) is 0 Å². The summed E-state index contributed by atoms with van der Waals surface area (Å²) in [6.07, 6.45) is 11.2. The number of ether oxygens (including phenoxy) is 1. The van der Waals surface area contributed by atoms with Crippen molar-refractivity contribution in [3.63, 3.8) is 0 Å². The summed E-state index contributed by atoms with van der Waals surface area (Å²) in [6, 6.07) is 6.53. The molecular weight excluding hydrogens is 532 g/mol. The number of hydrogen-bond acceptors (Lipinski definition) is 5. The fourth-order valence-electron chi connectivity index (χ4n) is 9.13. The first kappa shape index (κ1) is 28.7. The molecule has 7 atom stereocenters. The highest BCUT2D eigenvalue weighted by molar-refractivity contribution is 5.91. The molecular formula is C34H42N2O6. The van der Waals surface area contributed by atoms with E-state index in [0.29, 0.717) is 24.2 Å². The molecule has 6 rings (SSSR count). The van der Waals surface area contributed by atoms with Gasteiger partial charge in [0.05, 0.1) is 6.42 Å². The molecule has 8 nitrogen and oxygen atoms in total. The van der Waals surface area contributed by atoms with Crippen LogP contribution in [0.15, 0.2) is 42.1 Å². The zero-order valence-corrected chi connectivity index (χ0v) is 24.6. The number of para-hydroxylation sites is 1. The van der Waals surface area contributed by atoms with Gasteiger partial charge in [0.1, 0.15) is 12.1 Å². The number of allylic oxidation sites excluding steroid dienone is 1. The second-order valence-corrected chi connectivity index (χ2v) is 13.6. The van der Waals surface area contributed by atoms with E-state index in [2.05, 4.69) is 24.1 Å². The van der Waals surface area contributed by atoms with Crippen LogP contribution in [0, 0.1) is 28.6 Å². The van der Waals surface area contributed by atoms with Crippen LogP contribution in [0.1, 0.15) is 83.6 Å². The van der Waals surface area contributed by atoms with Crippen molar-refractivity contribution in [3.8, 4) is 0 Å². The van der Waals surface area contributed by atoms with E-state index in [4.69, 9.17) is 4.74 Å². The van der Waals surface area contributed by atoms with Crippen LogP contribution in [-0.2, 0) is 30.3 Å². The third-order valence-corrected chi connectivity index (χ3v) is 11.4. The maximum absolute atomic E-state index is 12.9. The molecule has 0 saturated heterocycles. The predicted molar refractivity (Wildman–Crippen MR) is 157 cm³/mol. The summed E-state index contributed by atoms with van der Waals surface area (Å²) in [4.78, 5) is 52.8. The normalized spacial score (nSPS) is 32.7. The average Bonchev–Trinajstić information content (AvgIpc) is 3.52. The van der Waals surface area contributed by atoms with Gasteiger partial charge >= 0.3 is 11.9 Å². The molecule has 1 amide bonds. The summed E-state index contributed by atoms with van der Waals surface area (Å²) in [5, 5.41) is 13.3. The smallest absolute Gasteiger partial charge is 0.326 e. The predicted octanol–water partition coefficient (Wildman–Crippen LogP) is 5.50. The van der Waals surface area contributed by atoms with Gasteiger partial charge in [-0.25, -0.2) is 4.79 Å². The summed E-state index contributed by atoms with van der Waals surface area (Å²) >= 11 is 0. The minimum Gasteiger partial charge on any atom is -0.480 e. The van der Waals surface area contributed by atoms with Crippen molar-refractivity contribution in [1.29, 1.82) is 0 Å². The Morgan fingerprint density at radius 3 is 2.67 bits per heavy atom. The van der Waals surface area contributed by atoms with Crippen molar-refractivity contribution in [2.75, 3.05) is 0 Å². The molecule has 3 saturated carbocycles. The van der Waals surface area contributed by atoms with Gasteiger partial charge in [-0.3, -0.25) is 14.4 Å². The average molecular weight is 575 g/mol. The number of hydrogen-bond donors (Lipinski definition) is 3. The Balaban J connectivity index is 1.03. The quantitative estimate of drug-likeness (QED) is 0.357. The number of amides is 1. The molecule has 1 heterocycles. The van der Waals surface area contributed by atoms with Gasteiger partial charge in [0, 0.05) is 41.8 Å². The first-order chi connectivity index (χ1) is 20.1. The number of aromatic amines is 1. The van der Waals surface area contributed by atoms with Crippen molar-refractivity contribution < 1.29 is 29.0 Å². The summed E-state index contributed by atoms with van der Waals surface area (Å²) in [6.45, 7) is 4.66. The highest BCUT2D eigenvalue weighted by Crippen LogP contribution is 2.65. The number of aromatic nitrogens is 1. The Kier molecular flexibility index (Phi) is 7.52. The molecule has 4 aliphatic rings. The van der Waals surface area contributed by atoms with E-state index in [9.17, 15) is 24.3 Å². The lowest BCUT2D eigenvalue weighted by Gasteiger charge is -2.57. The number of rotatable bonds is 8. The van der Waals surface area contributed by atoms with Crippen molar-refractivity contribution in [3.05, 3.63) is 47.7 Å². The molecule has 2 aromatic rings.